The first-order valence-electron chi connectivity index (χ1n) is 10.4. The van der Waals surface area contributed by atoms with Crippen LogP contribution in [0.3, 0.4) is 0 Å². The molecule has 4 rings (SSSR count). The Bertz CT molecular complexity index is 1300. The van der Waals surface area contributed by atoms with Crippen molar-refractivity contribution in [2.75, 3.05) is 4.90 Å². The first-order valence-corrected chi connectivity index (χ1v) is 11.6. The molecule has 0 radical (unpaired) electrons. The molecular weight excluding hydrogens is 549 g/mol. The average molecular weight is 568 g/mol. The highest BCUT2D eigenvalue weighted by Crippen LogP contribution is 2.42. The van der Waals surface area contributed by atoms with Crippen LogP contribution < -0.4 is 9.64 Å². The Morgan fingerprint density at radius 1 is 1.00 bits per heavy atom. The summed E-state index contributed by atoms with van der Waals surface area (Å²) in [5.74, 6) is -0.942. The molecule has 35 heavy (non-hydrogen) atoms. The van der Waals surface area contributed by atoms with Gasteiger partial charge in [-0.2, -0.15) is 13.2 Å². The highest BCUT2D eigenvalue weighted by atomic mass is 79.9. The van der Waals surface area contributed by atoms with Crippen LogP contribution in [0.1, 0.15) is 25.0 Å². The molecule has 1 fully saturated rings. The highest BCUT2D eigenvalue weighted by Gasteiger charge is 2.52. The predicted molar refractivity (Wildman–Crippen MR) is 130 cm³/mol. The summed E-state index contributed by atoms with van der Waals surface area (Å²) in [6, 6.07) is 15.4. The predicted octanol–water partition coefficient (Wildman–Crippen LogP) is 7.66. The molecule has 0 aromatic heterocycles. The molecule has 3 aromatic carbocycles. The number of benzene rings is 3. The van der Waals surface area contributed by atoms with E-state index in [1.165, 1.54) is 35.2 Å². The molecule has 0 atom stereocenters. The second-order valence-corrected chi connectivity index (χ2v) is 9.68. The van der Waals surface area contributed by atoms with E-state index in [1.54, 1.807) is 32.0 Å². The van der Waals surface area contributed by atoms with Crippen molar-refractivity contribution in [2.24, 2.45) is 0 Å². The molecule has 3 amide bonds. The van der Waals surface area contributed by atoms with E-state index >= 15 is 0 Å². The summed E-state index contributed by atoms with van der Waals surface area (Å²) >= 11 is 9.25. The maximum absolute atomic E-state index is 13.9. The lowest BCUT2D eigenvalue weighted by molar-refractivity contribution is -0.138. The molecule has 1 aliphatic heterocycles. The normalized spacial score (nSPS) is 15.6. The van der Waals surface area contributed by atoms with Crippen molar-refractivity contribution in [3.8, 4) is 11.5 Å². The number of carbonyl (C=O) groups excluding carboxylic acids is 2. The molecule has 1 heterocycles. The molecule has 1 saturated heterocycles. The minimum absolute atomic E-state index is 0.0966. The molecule has 0 unspecified atom stereocenters. The van der Waals surface area contributed by atoms with Gasteiger partial charge < -0.3 is 9.64 Å². The van der Waals surface area contributed by atoms with Gasteiger partial charge in [-0.1, -0.05) is 45.7 Å². The smallest absolute Gasteiger partial charge is 0.420 e. The third-order valence-electron chi connectivity index (χ3n) is 5.68. The van der Waals surface area contributed by atoms with Gasteiger partial charge in [0.05, 0.1) is 5.69 Å². The van der Waals surface area contributed by atoms with Gasteiger partial charge in [-0.05, 0) is 67.9 Å². The van der Waals surface area contributed by atoms with Crippen molar-refractivity contribution in [3.05, 3.63) is 87.4 Å². The lowest BCUT2D eigenvalue weighted by atomic mass is 10.0. The van der Waals surface area contributed by atoms with Crippen LogP contribution in [-0.4, -0.2) is 22.4 Å². The third kappa shape index (κ3) is 4.88. The van der Waals surface area contributed by atoms with Gasteiger partial charge in [0.25, 0.3) is 5.91 Å². The fourth-order valence-electron chi connectivity index (χ4n) is 3.72. The lowest BCUT2D eigenvalue weighted by Crippen LogP contribution is -2.43. The summed E-state index contributed by atoms with van der Waals surface area (Å²) < 4.78 is 48.0. The zero-order valence-electron chi connectivity index (χ0n) is 18.6. The Labute approximate surface area is 213 Å². The number of hydrogen-bond acceptors (Lipinski definition) is 3. The second kappa shape index (κ2) is 9.20. The maximum Gasteiger partial charge on any atom is 0.420 e. The van der Waals surface area contributed by atoms with Gasteiger partial charge in [-0.15, -0.1) is 0 Å². The van der Waals surface area contributed by atoms with E-state index in [1.807, 2.05) is 6.07 Å². The van der Waals surface area contributed by atoms with Crippen molar-refractivity contribution in [1.82, 2.24) is 4.90 Å². The SMILES string of the molecule is CC1(C)C(=O)N(c2ccc(Oc3ccc(Cl)cc3)c(C(F)(F)F)c2)C(=O)N1Cc1ccccc1Br. The number of anilines is 1. The monoisotopic (exact) mass is 566 g/mol. The van der Waals surface area contributed by atoms with E-state index < -0.39 is 35.0 Å². The van der Waals surface area contributed by atoms with Crippen molar-refractivity contribution in [3.63, 3.8) is 0 Å². The van der Waals surface area contributed by atoms with Gasteiger partial charge >= 0.3 is 12.2 Å². The van der Waals surface area contributed by atoms with Crippen LogP contribution in [0.15, 0.2) is 71.2 Å². The van der Waals surface area contributed by atoms with Crippen molar-refractivity contribution < 1.29 is 27.5 Å². The topological polar surface area (TPSA) is 49.9 Å². The van der Waals surface area contributed by atoms with E-state index in [-0.39, 0.29) is 18.0 Å². The molecule has 0 N–H and O–H groups in total. The number of ether oxygens (including phenoxy) is 1. The van der Waals surface area contributed by atoms with E-state index in [0.717, 1.165) is 27.1 Å². The number of urea groups is 1. The first kappa shape index (κ1) is 25.1. The molecule has 5 nitrogen and oxygen atoms in total. The van der Waals surface area contributed by atoms with Gasteiger partial charge in [-0.3, -0.25) is 4.79 Å². The average Bonchev–Trinajstić information content (AvgIpc) is 2.95. The summed E-state index contributed by atoms with van der Waals surface area (Å²) in [6.45, 7) is 3.22. The van der Waals surface area contributed by atoms with Crippen LogP contribution >= 0.6 is 27.5 Å². The van der Waals surface area contributed by atoms with Gasteiger partial charge in [0, 0.05) is 16.0 Å². The fraction of sp³-hybridized carbons (Fsp3) is 0.200. The second-order valence-electron chi connectivity index (χ2n) is 8.39. The third-order valence-corrected chi connectivity index (χ3v) is 6.70. The molecule has 0 spiro atoms. The Kier molecular flexibility index (Phi) is 6.59. The zero-order valence-corrected chi connectivity index (χ0v) is 20.9. The largest absolute Gasteiger partial charge is 0.457 e. The summed E-state index contributed by atoms with van der Waals surface area (Å²) in [5, 5.41) is 0.407. The number of alkyl halides is 3. The summed E-state index contributed by atoms with van der Waals surface area (Å²) in [7, 11) is 0. The number of hydrogen-bond donors (Lipinski definition) is 0. The molecule has 10 heteroatoms. The quantitative estimate of drug-likeness (QED) is 0.298. The van der Waals surface area contributed by atoms with E-state index in [0.29, 0.717) is 5.02 Å². The molecular formula is C25H19BrClF3N2O3. The maximum atomic E-state index is 13.9. The van der Waals surface area contributed by atoms with Crippen LogP contribution in [0, 0.1) is 0 Å². The zero-order chi connectivity index (χ0) is 25.5. The number of nitrogens with zero attached hydrogens (tertiary/aromatic N) is 2. The highest BCUT2D eigenvalue weighted by molar-refractivity contribution is 9.10. The van der Waals surface area contributed by atoms with Crippen LogP contribution in [0.5, 0.6) is 11.5 Å². The van der Waals surface area contributed by atoms with Gasteiger partial charge in [0.2, 0.25) is 0 Å². The minimum atomic E-state index is -4.80. The van der Waals surface area contributed by atoms with Gasteiger partial charge in [0.1, 0.15) is 22.6 Å². The summed E-state index contributed by atoms with van der Waals surface area (Å²) in [5.41, 5.74) is -1.83. The number of carbonyl (C=O) groups is 2. The number of halogens is 5. The Balaban J connectivity index is 1.70. The molecule has 1 aliphatic rings. The van der Waals surface area contributed by atoms with E-state index in [9.17, 15) is 22.8 Å². The van der Waals surface area contributed by atoms with E-state index in [2.05, 4.69) is 15.9 Å². The number of amides is 3. The molecule has 0 bridgehead atoms. The van der Waals surface area contributed by atoms with Gasteiger partial charge in [0.15, 0.2) is 0 Å². The molecule has 0 aliphatic carbocycles. The van der Waals surface area contributed by atoms with Crippen LogP contribution in [-0.2, 0) is 17.5 Å². The fourth-order valence-corrected chi connectivity index (χ4v) is 4.26. The van der Waals surface area contributed by atoms with Crippen molar-refractivity contribution in [2.45, 2.75) is 32.1 Å². The molecule has 182 valence electrons. The van der Waals surface area contributed by atoms with Crippen LogP contribution in [0.4, 0.5) is 23.7 Å². The summed E-state index contributed by atoms with van der Waals surface area (Å²) in [4.78, 5) is 28.6. The number of rotatable bonds is 5. The standard InChI is InChI=1S/C25H19BrClF3N2O3/c1-24(2)22(33)32(23(34)31(24)14-15-5-3-4-6-20(15)26)17-9-12-21(19(13-17)25(28,29)30)35-18-10-7-16(27)8-11-18/h3-13H,14H2,1-2H3. The number of imide groups is 1. The first-order chi connectivity index (χ1) is 16.4. The van der Waals surface area contributed by atoms with Crippen molar-refractivity contribution in [1.29, 1.82) is 0 Å². The van der Waals surface area contributed by atoms with Crippen molar-refractivity contribution >= 4 is 45.2 Å². The van der Waals surface area contributed by atoms with Crippen LogP contribution in [0.25, 0.3) is 0 Å². The minimum Gasteiger partial charge on any atom is -0.457 e. The molecule has 0 saturated carbocycles. The Morgan fingerprint density at radius 2 is 1.66 bits per heavy atom. The summed E-state index contributed by atoms with van der Waals surface area (Å²) in [6.07, 6.45) is -4.80. The lowest BCUT2D eigenvalue weighted by Gasteiger charge is -2.28. The van der Waals surface area contributed by atoms with Crippen LogP contribution in [0.2, 0.25) is 5.02 Å². The van der Waals surface area contributed by atoms with Gasteiger partial charge in [-0.25, -0.2) is 9.69 Å². The Hall–Kier alpha value is -3.04. The molecule has 3 aromatic rings. The van der Waals surface area contributed by atoms with E-state index in [4.69, 9.17) is 16.3 Å². The Morgan fingerprint density at radius 3 is 2.29 bits per heavy atom.